The summed E-state index contributed by atoms with van der Waals surface area (Å²) in [5, 5.41) is 3.01. The molecule has 4 heteroatoms. The van der Waals surface area contributed by atoms with Crippen molar-refractivity contribution < 1.29 is 9.53 Å². The number of benzene rings is 1. The van der Waals surface area contributed by atoms with Crippen molar-refractivity contribution in [3.8, 4) is 5.75 Å². The summed E-state index contributed by atoms with van der Waals surface area (Å²) in [6.07, 6.45) is 2.49. The van der Waals surface area contributed by atoms with E-state index in [0.29, 0.717) is 12.5 Å². The summed E-state index contributed by atoms with van der Waals surface area (Å²) in [6, 6.07) is 6.06. The van der Waals surface area contributed by atoms with E-state index < -0.39 is 0 Å². The van der Waals surface area contributed by atoms with Gasteiger partial charge in [0.2, 0.25) is 5.91 Å². The molecule has 1 aromatic rings. The predicted octanol–water partition coefficient (Wildman–Crippen LogP) is 3.99. The number of ether oxygens (including phenoxy) is 1. The van der Waals surface area contributed by atoms with Crippen molar-refractivity contribution in [2.75, 3.05) is 11.9 Å². The van der Waals surface area contributed by atoms with Crippen LogP contribution in [0, 0.1) is 11.8 Å². The summed E-state index contributed by atoms with van der Waals surface area (Å²) in [4.78, 5) is 12.3. The molecular weight excluding hydrogens is 288 g/mol. The highest BCUT2D eigenvalue weighted by molar-refractivity contribution is 5.93. The average Bonchev–Trinajstić information content (AvgIpc) is 2.51. The first-order chi connectivity index (χ1) is 10.9. The number of rotatable bonds is 9. The molecule has 1 unspecified atom stereocenters. The fourth-order valence-electron chi connectivity index (χ4n) is 2.47. The summed E-state index contributed by atoms with van der Waals surface area (Å²) in [6.45, 7) is 10.8. The Morgan fingerprint density at radius 3 is 2.39 bits per heavy atom. The van der Waals surface area contributed by atoms with E-state index >= 15 is 0 Å². The van der Waals surface area contributed by atoms with Gasteiger partial charge in [0.25, 0.3) is 0 Å². The fraction of sp³-hybridized carbons (Fsp3) is 0.632. The van der Waals surface area contributed by atoms with E-state index in [1.54, 1.807) is 0 Å². The van der Waals surface area contributed by atoms with E-state index in [0.717, 1.165) is 36.3 Å². The van der Waals surface area contributed by atoms with Crippen LogP contribution in [0.15, 0.2) is 18.2 Å². The van der Waals surface area contributed by atoms with Crippen LogP contribution in [0.4, 0.5) is 5.69 Å². The van der Waals surface area contributed by atoms with Crippen molar-refractivity contribution in [1.29, 1.82) is 0 Å². The number of hydrogen-bond donors (Lipinski definition) is 2. The zero-order valence-corrected chi connectivity index (χ0v) is 15.2. The quantitative estimate of drug-likeness (QED) is 0.723. The van der Waals surface area contributed by atoms with E-state index in [1.165, 1.54) is 0 Å². The summed E-state index contributed by atoms with van der Waals surface area (Å²) in [5.41, 5.74) is 8.03. The Hall–Kier alpha value is -1.55. The van der Waals surface area contributed by atoms with Crippen LogP contribution in [0.5, 0.6) is 5.75 Å². The van der Waals surface area contributed by atoms with Crippen molar-refractivity contribution >= 4 is 11.6 Å². The Morgan fingerprint density at radius 1 is 1.22 bits per heavy atom. The number of carbonyl (C=O) groups excluding carboxylic acids is 1. The van der Waals surface area contributed by atoms with Gasteiger partial charge in [-0.05, 0) is 49.8 Å². The monoisotopic (exact) mass is 320 g/mol. The van der Waals surface area contributed by atoms with E-state index in [-0.39, 0.29) is 17.9 Å². The van der Waals surface area contributed by atoms with Gasteiger partial charge in [-0.15, -0.1) is 0 Å². The lowest BCUT2D eigenvalue weighted by Crippen LogP contribution is -2.28. The van der Waals surface area contributed by atoms with E-state index in [9.17, 15) is 4.79 Å². The SMILES string of the molecule is CCOc1cc(CC(N)C(C)C)ccc1NC(=O)C(CC)CC. The van der Waals surface area contributed by atoms with E-state index in [2.05, 4.69) is 19.2 Å². The van der Waals surface area contributed by atoms with Gasteiger partial charge in [0.15, 0.2) is 0 Å². The predicted molar refractivity (Wildman–Crippen MR) is 96.8 cm³/mol. The molecular formula is C19H32N2O2. The third-order valence-corrected chi connectivity index (χ3v) is 4.29. The van der Waals surface area contributed by atoms with Gasteiger partial charge in [-0.25, -0.2) is 0 Å². The molecule has 0 fully saturated rings. The fourth-order valence-corrected chi connectivity index (χ4v) is 2.47. The lowest BCUT2D eigenvalue weighted by atomic mass is 9.97. The van der Waals surface area contributed by atoms with Crippen LogP contribution in [0.1, 0.15) is 53.0 Å². The summed E-state index contributed by atoms with van der Waals surface area (Å²) in [5.74, 6) is 1.25. The maximum absolute atomic E-state index is 12.3. The van der Waals surface area contributed by atoms with E-state index in [4.69, 9.17) is 10.5 Å². The van der Waals surface area contributed by atoms with Crippen LogP contribution in [-0.4, -0.2) is 18.6 Å². The minimum atomic E-state index is 0.0403. The molecule has 0 bridgehead atoms. The highest BCUT2D eigenvalue weighted by Gasteiger charge is 2.17. The van der Waals surface area contributed by atoms with Crippen LogP contribution in [0.3, 0.4) is 0 Å². The highest BCUT2D eigenvalue weighted by Crippen LogP contribution is 2.28. The van der Waals surface area contributed by atoms with Crippen molar-refractivity contribution in [2.45, 2.75) is 59.9 Å². The topological polar surface area (TPSA) is 64.3 Å². The van der Waals surface area contributed by atoms with Gasteiger partial charge >= 0.3 is 0 Å². The Morgan fingerprint density at radius 2 is 1.87 bits per heavy atom. The lowest BCUT2D eigenvalue weighted by molar-refractivity contribution is -0.120. The number of nitrogens with two attached hydrogens (primary N) is 1. The largest absolute Gasteiger partial charge is 0.492 e. The van der Waals surface area contributed by atoms with Crippen LogP contribution in [-0.2, 0) is 11.2 Å². The Bertz CT molecular complexity index is 496. The summed E-state index contributed by atoms with van der Waals surface area (Å²) < 4.78 is 5.71. The molecule has 0 saturated heterocycles. The Labute approximate surface area is 140 Å². The molecule has 3 N–H and O–H groups in total. The molecule has 1 rings (SSSR count). The van der Waals surface area contributed by atoms with Gasteiger partial charge < -0.3 is 15.8 Å². The molecule has 0 spiro atoms. The minimum Gasteiger partial charge on any atom is -0.492 e. The second-order valence-electron chi connectivity index (χ2n) is 6.38. The normalized spacial score (nSPS) is 12.5. The molecule has 0 saturated carbocycles. The molecule has 0 aromatic heterocycles. The molecule has 130 valence electrons. The maximum atomic E-state index is 12.3. The second kappa shape index (κ2) is 9.56. The first-order valence-electron chi connectivity index (χ1n) is 8.74. The molecule has 1 atom stereocenters. The van der Waals surface area contributed by atoms with Gasteiger partial charge in [0, 0.05) is 12.0 Å². The second-order valence-corrected chi connectivity index (χ2v) is 6.38. The van der Waals surface area contributed by atoms with Gasteiger partial charge in [-0.2, -0.15) is 0 Å². The smallest absolute Gasteiger partial charge is 0.227 e. The number of nitrogens with one attached hydrogen (secondary N) is 1. The maximum Gasteiger partial charge on any atom is 0.227 e. The van der Waals surface area contributed by atoms with Gasteiger partial charge in [0.1, 0.15) is 5.75 Å². The van der Waals surface area contributed by atoms with Gasteiger partial charge in [-0.1, -0.05) is 33.8 Å². The number of carbonyl (C=O) groups is 1. The Kier molecular flexibility index (Phi) is 8.10. The van der Waals surface area contributed by atoms with E-state index in [1.807, 2.05) is 39.0 Å². The van der Waals surface area contributed by atoms with Crippen LogP contribution >= 0.6 is 0 Å². The first-order valence-corrected chi connectivity index (χ1v) is 8.74. The molecule has 1 amide bonds. The molecule has 23 heavy (non-hydrogen) atoms. The molecule has 0 aliphatic carbocycles. The molecule has 0 aliphatic rings. The molecule has 0 heterocycles. The molecule has 1 aromatic carbocycles. The standard InChI is InChI=1S/C19H32N2O2/c1-6-15(7-2)19(22)21-17-10-9-14(11-16(20)13(4)5)12-18(17)23-8-3/h9-10,12-13,15-16H,6-8,11,20H2,1-5H3,(H,21,22). The zero-order valence-electron chi connectivity index (χ0n) is 15.2. The van der Waals surface area contributed by atoms with Crippen molar-refractivity contribution in [3.63, 3.8) is 0 Å². The van der Waals surface area contributed by atoms with Gasteiger partial charge in [0.05, 0.1) is 12.3 Å². The molecule has 4 nitrogen and oxygen atoms in total. The molecule has 0 radical (unpaired) electrons. The van der Waals surface area contributed by atoms with Crippen molar-refractivity contribution in [1.82, 2.24) is 0 Å². The van der Waals surface area contributed by atoms with Crippen molar-refractivity contribution in [3.05, 3.63) is 23.8 Å². The average molecular weight is 320 g/mol. The summed E-state index contributed by atoms with van der Waals surface area (Å²) >= 11 is 0. The van der Waals surface area contributed by atoms with Crippen LogP contribution < -0.4 is 15.8 Å². The number of hydrogen-bond acceptors (Lipinski definition) is 3. The highest BCUT2D eigenvalue weighted by atomic mass is 16.5. The molecule has 0 aliphatic heterocycles. The third-order valence-electron chi connectivity index (χ3n) is 4.29. The Balaban J connectivity index is 2.93. The van der Waals surface area contributed by atoms with Gasteiger partial charge in [-0.3, -0.25) is 4.79 Å². The first kappa shape index (κ1) is 19.5. The number of amides is 1. The third kappa shape index (κ3) is 5.87. The van der Waals surface area contributed by atoms with Crippen LogP contribution in [0.25, 0.3) is 0 Å². The number of anilines is 1. The van der Waals surface area contributed by atoms with Crippen molar-refractivity contribution in [2.24, 2.45) is 17.6 Å². The zero-order chi connectivity index (χ0) is 17.4. The lowest BCUT2D eigenvalue weighted by Gasteiger charge is -2.19. The summed E-state index contributed by atoms with van der Waals surface area (Å²) in [7, 11) is 0. The van der Waals surface area contributed by atoms with Crippen LogP contribution in [0.2, 0.25) is 0 Å². The minimum absolute atomic E-state index is 0.0403.